The Hall–Kier alpha value is -2.24. The second-order valence-corrected chi connectivity index (χ2v) is 6.71. The quantitative estimate of drug-likeness (QED) is 0.745. The van der Waals surface area contributed by atoms with Crippen LogP contribution in [0.1, 0.15) is 15.9 Å². The number of hydrogen-bond donors (Lipinski definition) is 2. The number of likely N-dealkylation sites (N-methyl/N-ethyl adjacent to an activating group) is 2. The number of hydrogen-bond acceptors (Lipinski definition) is 4. The molecule has 134 valence electrons. The first-order chi connectivity index (χ1) is 11.9. The largest absolute Gasteiger partial charge is 0.396 e. The molecule has 0 aliphatic carbocycles. The molecule has 1 amide bonds. The van der Waals surface area contributed by atoms with E-state index in [1.54, 1.807) is 18.2 Å². The Bertz CT molecular complexity index is 716. The van der Waals surface area contributed by atoms with E-state index in [1.165, 1.54) is 0 Å². The zero-order chi connectivity index (χ0) is 18.4. The second-order valence-electron chi connectivity index (χ2n) is 6.27. The Morgan fingerprint density at radius 3 is 2.40 bits per heavy atom. The first-order valence-corrected chi connectivity index (χ1v) is 8.53. The monoisotopic (exact) mass is 360 g/mol. The van der Waals surface area contributed by atoms with Crippen molar-refractivity contribution in [1.29, 1.82) is 0 Å². The zero-order valence-corrected chi connectivity index (χ0v) is 15.7. The molecule has 0 bridgehead atoms. The number of nitrogens with zero attached hydrogens (tertiary/aromatic N) is 2. The molecule has 0 aromatic heterocycles. The van der Waals surface area contributed by atoms with Crippen molar-refractivity contribution in [3.63, 3.8) is 0 Å². The molecule has 2 rings (SSSR count). The molecule has 0 aliphatic rings. The van der Waals surface area contributed by atoms with Gasteiger partial charge in [0.15, 0.2) is 0 Å². The van der Waals surface area contributed by atoms with Crippen molar-refractivity contribution in [3.8, 4) is 0 Å². The Morgan fingerprint density at radius 2 is 1.76 bits per heavy atom. The summed E-state index contributed by atoms with van der Waals surface area (Å²) < 4.78 is 0. The Morgan fingerprint density at radius 1 is 1.08 bits per heavy atom. The van der Waals surface area contributed by atoms with E-state index in [-0.39, 0.29) is 5.91 Å². The molecule has 6 heteroatoms. The summed E-state index contributed by atoms with van der Waals surface area (Å²) >= 11 is 5.87. The van der Waals surface area contributed by atoms with Gasteiger partial charge in [0.2, 0.25) is 0 Å². The van der Waals surface area contributed by atoms with Gasteiger partial charge in [0, 0.05) is 31.7 Å². The van der Waals surface area contributed by atoms with Gasteiger partial charge in [0.25, 0.3) is 5.91 Å². The van der Waals surface area contributed by atoms with Crippen LogP contribution in [0.5, 0.6) is 0 Å². The van der Waals surface area contributed by atoms with E-state index < -0.39 is 0 Å². The number of benzene rings is 2. The van der Waals surface area contributed by atoms with Crippen LogP contribution in [0.2, 0.25) is 5.02 Å². The van der Waals surface area contributed by atoms with Crippen LogP contribution in [-0.4, -0.2) is 45.0 Å². The van der Waals surface area contributed by atoms with E-state index in [0.717, 1.165) is 24.3 Å². The van der Waals surface area contributed by atoms with Gasteiger partial charge in [-0.3, -0.25) is 4.79 Å². The smallest absolute Gasteiger partial charge is 0.253 e. The molecular formula is C19H25ClN4O. The second kappa shape index (κ2) is 8.74. The molecule has 2 aromatic carbocycles. The molecule has 0 atom stereocenters. The summed E-state index contributed by atoms with van der Waals surface area (Å²) in [6.45, 7) is 2.16. The maximum absolute atomic E-state index is 12.5. The maximum atomic E-state index is 12.5. The van der Waals surface area contributed by atoms with Crippen LogP contribution in [0.15, 0.2) is 42.5 Å². The highest BCUT2D eigenvalue weighted by Crippen LogP contribution is 2.25. The molecule has 0 saturated carbocycles. The standard InChI is InChI=1S/C19H25ClN4O/c1-23(2)11-12-24(3)17-6-4-5-16(18(17)21)19(25)22-13-14-7-9-15(20)10-8-14/h4-10H,11-13,21H2,1-3H3,(H,22,25). The van der Waals surface area contributed by atoms with Crippen LogP contribution in [-0.2, 0) is 6.54 Å². The van der Waals surface area contributed by atoms with Gasteiger partial charge in [-0.15, -0.1) is 0 Å². The highest BCUT2D eigenvalue weighted by molar-refractivity contribution is 6.30. The Kier molecular flexibility index (Phi) is 6.67. The van der Waals surface area contributed by atoms with Gasteiger partial charge in [0.1, 0.15) is 0 Å². The van der Waals surface area contributed by atoms with E-state index in [4.69, 9.17) is 17.3 Å². The molecule has 25 heavy (non-hydrogen) atoms. The number of nitrogens with one attached hydrogen (secondary N) is 1. The van der Waals surface area contributed by atoms with Crippen LogP contribution in [0.3, 0.4) is 0 Å². The minimum Gasteiger partial charge on any atom is -0.396 e. The van der Waals surface area contributed by atoms with Crippen LogP contribution in [0.4, 0.5) is 11.4 Å². The molecule has 2 aromatic rings. The fourth-order valence-corrected chi connectivity index (χ4v) is 2.56. The van der Waals surface area contributed by atoms with E-state index in [0.29, 0.717) is 22.8 Å². The third-order valence-electron chi connectivity index (χ3n) is 3.99. The van der Waals surface area contributed by atoms with Crippen molar-refractivity contribution in [2.45, 2.75) is 6.54 Å². The number of halogens is 1. The van der Waals surface area contributed by atoms with E-state index in [9.17, 15) is 4.79 Å². The fraction of sp³-hybridized carbons (Fsp3) is 0.316. The minimum atomic E-state index is -0.185. The molecule has 5 nitrogen and oxygen atoms in total. The summed E-state index contributed by atoms with van der Waals surface area (Å²) in [6.07, 6.45) is 0. The lowest BCUT2D eigenvalue weighted by molar-refractivity contribution is 0.0952. The fourth-order valence-electron chi connectivity index (χ4n) is 2.43. The lowest BCUT2D eigenvalue weighted by atomic mass is 10.1. The number of anilines is 2. The average molecular weight is 361 g/mol. The zero-order valence-electron chi connectivity index (χ0n) is 14.9. The normalized spacial score (nSPS) is 10.8. The molecule has 0 unspecified atom stereocenters. The summed E-state index contributed by atoms with van der Waals surface area (Å²) in [7, 11) is 6.03. The number of rotatable bonds is 7. The van der Waals surface area contributed by atoms with Crippen LogP contribution >= 0.6 is 11.6 Å². The summed E-state index contributed by atoms with van der Waals surface area (Å²) in [4.78, 5) is 16.7. The number of nitrogen functional groups attached to an aromatic ring is 1. The minimum absolute atomic E-state index is 0.185. The first kappa shape index (κ1) is 19.1. The van der Waals surface area contributed by atoms with E-state index in [2.05, 4.69) is 15.1 Å². The van der Waals surface area contributed by atoms with Crippen molar-refractivity contribution in [2.75, 3.05) is 44.9 Å². The summed E-state index contributed by atoms with van der Waals surface area (Å²) in [5.74, 6) is -0.185. The number of nitrogens with two attached hydrogens (primary N) is 1. The Labute approximate surface area is 154 Å². The third kappa shape index (κ3) is 5.37. The number of para-hydroxylation sites is 1. The van der Waals surface area contributed by atoms with Gasteiger partial charge >= 0.3 is 0 Å². The highest BCUT2D eigenvalue weighted by atomic mass is 35.5. The summed E-state index contributed by atoms with van der Waals surface area (Å²) in [5.41, 5.74) is 9.08. The van der Waals surface area contributed by atoms with Crippen LogP contribution in [0, 0.1) is 0 Å². The van der Waals surface area contributed by atoms with Gasteiger partial charge in [-0.25, -0.2) is 0 Å². The number of carbonyl (C=O) groups is 1. The average Bonchev–Trinajstić information content (AvgIpc) is 2.59. The molecule has 3 N–H and O–H groups in total. The molecular weight excluding hydrogens is 336 g/mol. The molecule has 0 fully saturated rings. The van der Waals surface area contributed by atoms with Crippen LogP contribution < -0.4 is 16.0 Å². The van der Waals surface area contributed by atoms with Crippen molar-refractivity contribution < 1.29 is 4.79 Å². The molecule has 0 aliphatic heterocycles. The van der Waals surface area contributed by atoms with Gasteiger partial charge in [-0.2, -0.15) is 0 Å². The third-order valence-corrected chi connectivity index (χ3v) is 4.24. The first-order valence-electron chi connectivity index (χ1n) is 8.15. The highest BCUT2D eigenvalue weighted by Gasteiger charge is 2.14. The van der Waals surface area contributed by atoms with Crippen LogP contribution in [0.25, 0.3) is 0 Å². The Balaban J connectivity index is 2.06. The van der Waals surface area contributed by atoms with Crippen molar-refractivity contribution in [1.82, 2.24) is 10.2 Å². The predicted octanol–water partition coefficient (Wildman–Crippen LogP) is 2.85. The van der Waals surface area contributed by atoms with E-state index in [1.807, 2.05) is 45.4 Å². The molecule has 0 saturated heterocycles. The van der Waals surface area contributed by atoms with E-state index >= 15 is 0 Å². The van der Waals surface area contributed by atoms with Gasteiger partial charge in [-0.05, 0) is 43.9 Å². The lowest BCUT2D eigenvalue weighted by Crippen LogP contribution is -2.30. The topological polar surface area (TPSA) is 61.6 Å². The van der Waals surface area contributed by atoms with Crippen molar-refractivity contribution in [3.05, 3.63) is 58.6 Å². The van der Waals surface area contributed by atoms with Gasteiger partial charge < -0.3 is 20.9 Å². The maximum Gasteiger partial charge on any atom is 0.253 e. The summed E-state index contributed by atoms with van der Waals surface area (Å²) in [5, 5.41) is 3.58. The van der Waals surface area contributed by atoms with Crippen molar-refractivity contribution in [2.24, 2.45) is 0 Å². The van der Waals surface area contributed by atoms with Crippen molar-refractivity contribution >= 4 is 28.9 Å². The molecule has 0 spiro atoms. The molecule has 0 heterocycles. The predicted molar refractivity (Wildman–Crippen MR) is 105 cm³/mol. The van der Waals surface area contributed by atoms with Gasteiger partial charge in [-0.1, -0.05) is 29.8 Å². The number of carbonyl (C=O) groups excluding carboxylic acids is 1. The SMILES string of the molecule is CN(C)CCN(C)c1cccc(C(=O)NCc2ccc(Cl)cc2)c1N. The number of amides is 1. The lowest BCUT2D eigenvalue weighted by Gasteiger charge is -2.24. The van der Waals surface area contributed by atoms with Gasteiger partial charge in [0.05, 0.1) is 16.9 Å². The molecule has 0 radical (unpaired) electrons. The summed E-state index contributed by atoms with van der Waals surface area (Å²) in [6, 6.07) is 12.9.